The fourth-order valence-corrected chi connectivity index (χ4v) is 4.39. The lowest BCUT2D eigenvalue weighted by atomic mass is 9.86. The van der Waals surface area contributed by atoms with Crippen molar-refractivity contribution in [2.45, 2.75) is 25.4 Å². The van der Waals surface area contributed by atoms with Gasteiger partial charge in [0.2, 0.25) is 0 Å². The molecule has 0 saturated carbocycles. The molecule has 0 spiro atoms. The van der Waals surface area contributed by atoms with Gasteiger partial charge in [0, 0.05) is 30.6 Å². The van der Waals surface area contributed by atoms with Crippen LogP contribution in [0.15, 0.2) is 72.8 Å². The molecule has 0 aliphatic heterocycles. The van der Waals surface area contributed by atoms with Crippen LogP contribution in [0.3, 0.4) is 0 Å². The molecule has 5 heteroatoms. The maximum absolute atomic E-state index is 10.9. The number of ether oxygens (including phenoxy) is 1. The van der Waals surface area contributed by atoms with E-state index in [2.05, 4.69) is 48.6 Å². The average molecular weight is 388 g/mol. The summed E-state index contributed by atoms with van der Waals surface area (Å²) in [6, 6.07) is 23.8. The molecule has 0 bridgehead atoms. The first-order chi connectivity index (χ1) is 14.1. The summed E-state index contributed by atoms with van der Waals surface area (Å²) >= 11 is 0. The molecule has 4 rings (SSSR count). The zero-order valence-electron chi connectivity index (χ0n) is 16.5. The quantitative estimate of drug-likeness (QED) is 0.465. The average Bonchev–Trinajstić information content (AvgIpc) is 3.03. The normalized spacial score (nSPS) is 20.3. The van der Waals surface area contributed by atoms with Crippen LogP contribution in [0.2, 0.25) is 0 Å². The first-order valence-electron chi connectivity index (χ1n) is 9.78. The van der Waals surface area contributed by atoms with Crippen LogP contribution in [-0.4, -0.2) is 12.0 Å². The van der Waals surface area contributed by atoms with Crippen molar-refractivity contribution in [3.63, 3.8) is 0 Å². The molecule has 0 amide bonds. The van der Waals surface area contributed by atoms with Gasteiger partial charge in [0.1, 0.15) is 5.75 Å². The standard InChI is InChI=1S/C24H24N2O3/c1-16-23(18-6-4-3-5-7-18)21-13-12-20(29-2)14-22(21)24(16)25-15-17-8-10-19(11-9-17)26(27)28/h3-14,16,23-25H,15H2,1-2H3/t16-,23+,24+/m1/s1. The Morgan fingerprint density at radius 2 is 1.72 bits per heavy atom. The van der Waals surface area contributed by atoms with E-state index in [1.54, 1.807) is 19.2 Å². The van der Waals surface area contributed by atoms with Crippen molar-refractivity contribution >= 4 is 5.69 Å². The molecule has 0 heterocycles. The molecule has 3 atom stereocenters. The Morgan fingerprint density at radius 1 is 1.00 bits per heavy atom. The van der Waals surface area contributed by atoms with Gasteiger partial charge in [0.05, 0.1) is 12.0 Å². The van der Waals surface area contributed by atoms with E-state index in [1.807, 2.05) is 24.3 Å². The number of fused-ring (bicyclic) bond motifs is 1. The molecule has 1 aliphatic carbocycles. The van der Waals surface area contributed by atoms with Crippen LogP contribution < -0.4 is 10.1 Å². The van der Waals surface area contributed by atoms with E-state index in [1.165, 1.54) is 16.7 Å². The molecule has 29 heavy (non-hydrogen) atoms. The molecule has 0 aromatic heterocycles. The molecular formula is C24H24N2O3. The van der Waals surface area contributed by atoms with Gasteiger partial charge >= 0.3 is 0 Å². The van der Waals surface area contributed by atoms with Crippen molar-refractivity contribution in [1.82, 2.24) is 5.32 Å². The molecule has 0 unspecified atom stereocenters. The Bertz CT molecular complexity index is 1000. The summed E-state index contributed by atoms with van der Waals surface area (Å²) in [5.74, 6) is 1.52. The van der Waals surface area contributed by atoms with Gasteiger partial charge in [-0.2, -0.15) is 0 Å². The van der Waals surface area contributed by atoms with Crippen molar-refractivity contribution in [1.29, 1.82) is 0 Å². The molecule has 3 aromatic carbocycles. The van der Waals surface area contributed by atoms with Crippen LogP contribution in [0, 0.1) is 16.0 Å². The minimum absolute atomic E-state index is 0.113. The third-order valence-electron chi connectivity index (χ3n) is 5.85. The number of rotatable bonds is 6. The highest BCUT2D eigenvalue weighted by atomic mass is 16.6. The summed E-state index contributed by atoms with van der Waals surface area (Å²) < 4.78 is 5.47. The number of methoxy groups -OCH3 is 1. The van der Waals surface area contributed by atoms with Gasteiger partial charge < -0.3 is 10.1 Å². The number of nitrogens with zero attached hydrogens (tertiary/aromatic N) is 1. The predicted molar refractivity (Wildman–Crippen MR) is 113 cm³/mol. The summed E-state index contributed by atoms with van der Waals surface area (Å²) in [6.45, 7) is 2.92. The third kappa shape index (κ3) is 3.74. The molecule has 0 fully saturated rings. The van der Waals surface area contributed by atoms with E-state index in [-0.39, 0.29) is 16.7 Å². The highest BCUT2D eigenvalue weighted by Crippen LogP contribution is 2.49. The Balaban J connectivity index is 1.62. The van der Waals surface area contributed by atoms with Crippen molar-refractivity contribution in [2.24, 2.45) is 5.92 Å². The molecule has 5 nitrogen and oxygen atoms in total. The number of non-ortho nitro benzene ring substituents is 1. The molecule has 3 aromatic rings. The van der Waals surface area contributed by atoms with Crippen molar-refractivity contribution in [2.75, 3.05) is 7.11 Å². The van der Waals surface area contributed by atoms with Crippen LogP contribution in [0.1, 0.15) is 41.1 Å². The van der Waals surface area contributed by atoms with Crippen LogP contribution in [0.4, 0.5) is 5.69 Å². The first-order valence-corrected chi connectivity index (χ1v) is 9.78. The van der Waals surface area contributed by atoms with Gasteiger partial charge in [-0.25, -0.2) is 0 Å². The van der Waals surface area contributed by atoms with Crippen molar-refractivity contribution in [3.05, 3.63) is 105 Å². The smallest absolute Gasteiger partial charge is 0.269 e. The lowest BCUT2D eigenvalue weighted by Gasteiger charge is -2.23. The van der Waals surface area contributed by atoms with Crippen LogP contribution in [0.25, 0.3) is 0 Å². The summed E-state index contributed by atoms with van der Waals surface area (Å²) in [4.78, 5) is 10.5. The summed E-state index contributed by atoms with van der Waals surface area (Å²) in [5.41, 5.74) is 5.03. The zero-order chi connectivity index (χ0) is 20.4. The number of nitrogens with one attached hydrogen (secondary N) is 1. The molecule has 148 valence electrons. The number of benzene rings is 3. The minimum Gasteiger partial charge on any atom is -0.497 e. The van der Waals surface area contributed by atoms with E-state index in [9.17, 15) is 10.1 Å². The Morgan fingerprint density at radius 3 is 2.38 bits per heavy atom. The molecule has 0 saturated heterocycles. The van der Waals surface area contributed by atoms with Gasteiger partial charge in [-0.3, -0.25) is 10.1 Å². The Labute approximate surface area is 170 Å². The predicted octanol–water partition coefficient (Wildman–Crippen LogP) is 5.22. The zero-order valence-corrected chi connectivity index (χ0v) is 16.5. The minimum atomic E-state index is -0.372. The molecular weight excluding hydrogens is 364 g/mol. The lowest BCUT2D eigenvalue weighted by molar-refractivity contribution is -0.384. The summed E-state index contributed by atoms with van der Waals surface area (Å²) in [6.07, 6.45) is 0. The number of hydrogen-bond acceptors (Lipinski definition) is 4. The third-order valence-corrected chi connectivity index (χ3v) is 5.85. The van der Waals surface area contributed by atoms with Crippen LogP contribution in [0.5, 0.6) is 5.75 Å². The number of hydrogen-bond donors (Lipinski definition) is 1. The molecule has 0 radical (unpaired) electrons. The SMILES string of the molecule is COc1ccc2c(c1)[C@@H](NCc1ccc([N+](=O)[O-])cc1)[C@H](C)[C@H]2c1ccccc1. The van der Waals surface area contributed by atoms with E-state index in [0.29, 0.717) is 18.4 Å². The van der Waals surface area contributed by atoms with Gasteiger partial charge in [0.15, 0.2) is 0 Å². The van der Waals surface area contributed by atoms with Gasteiger partial charge in [0.25, 0.3) is 5.69 Å². The fraction of sp³-hybridized carbons (Fsp3) is 0.250. The largest absolute Gasteiger partial charge is 0.497 e. The van der Waals surface area contributed by atoms with Crippen LogP contribution >= 0.6 is 0 Å². The number of nitro groups is 1. The highest BCUT2D eigenvalue weighted by Gasteiger charge is 2.38. The van der Waals surface area contributed by atoms with E-state index in [0.717, 1.165) is 11.3 Å². The lowest BCUT2D eigenvalue weighted by Crippen LogP contribution is -2.25. The van der Waals surface area contributed by atoms with Gasteiger partial charge in [-0.15, -0.1) is 0 Å². The maximum Gasteiger partial charge on any atom is 0.269 e. The number of nitro benzene ring substituents is 1. The van der Waals surface area contributed by atoms with Crippen molar-refractivity contribution < 1.29 is 9.66 Å². The Hall–Kier alpha value is -3.18. The topological polar surface area (TPSA) is 64.4 Å². The molecule has 1 aliphatic rings. The second-order valence-electron chi connectivity index (χ2n) is 7.52. The molecule has 1 N–H and O–H groups in total. The first kappa shape index (κ1) is 19.2. The van der Waals surface area contributed by atoms with Gasteiger partial charge in [-0.05, 0) is 40.3 Å². The Kier molecular flexibility index (Phi) is 5.32. The fourth-order valence-electron chi connectivity index (χ4n) is 4.39. The highest BCUT2D eigenvalue weighted by molar-refractivity contribution is 5.49. The van der Waals surface area contributed by atoms with Crippen molar-refractivity contribution in [3.8, 4) is 5.75 Å². The van der Waals surface area contributed by atoms with E-state index < -0.39 is 0 Å². The van der Waals surface area contributed by atoms with Crippen LogP contribution in [-0.2, 0) is 6.54 Å². The summed E-state index contributed by atoms with van der Waals surface area (Å²) in [7, 11) is 1.69. The maximum atomic E-state index is 10.9. The van der Waals surface area contributed by atoms with E-state index >= 15 is 0 Å². The summed E-state index contributed by atoms with van der Waals surface area (Å²) in [5, 5.41) is 14.5. The monoisotopic (exact) mass is 388 g/mol. The van der Waals surface area contributed by atoms with Gasteiger partial charge in [-0.1, -0.05) is 55.5 Å². The van der Waals surface area contributed by atoms with E-state index in [4.69, 9.17) is 4.74 Å². The second-order valence-corrected chi connectivity index (χ2v) is 7.52. The second kappa shape index (κ2) is 8.05.